The third-order valence-corrected chi connectivity index (χ3v) is 2.27. The molecule has 1 atom stereocenters. The van der Waals surface area contributed by atoms with Crippen LogP contribution in [0.2, 0.25) is 0 Å². The van der Waals surface area contributed by atoms with Gasteiger partial charge in [0.2, 0.25) is 0 Å². The lowest BCUT2D eigenvalue weighted by molar-refractivity contribution is 0.0635. The Morgan fingerprint density at radius 3 is 2.63 bits per heavy atom. The van der Waals surface area contributed by atoms with Crippen LogP contribution in [0.1, 0.15) is 32.4 Å². The molecule has 6 heteroatoms. The van der Waals surface area contributed by atoms with Crippen molar-refractivity contribution < 1.29 is 19.7 Å². The Bertz CT molecular complexity index is 454. The normalized spacial score (nSPS) is 12.9. The van der Waals surface area contributed by atoms with Gasteiger partial charge in [-0.25, -0.2) is 4.79 Å². The molecule has 106 valence electrons. The first-order valence-corrected chi connectivity index (χ1v) is 5.92. The van der Waals surface area contributed by atoms with Crippen LogP contribution in [0, 0.1) is 0 Å². The summed E-state index contributed by atoms with van der Waals surface area (Å²) in [6, 6.07) is 3.62. The van der Waals surface area contributed by atoms with Crippen molar-refractivity contribution in [3.05, 3.63) is 23.8 Å². The minimum atomic E-state index is -0.697. The zero-order valence-electron chi connectivity index (χ0n) is 11.3. The van der Waals surface area contributed by atoms with E-state index in [1.807, 2.05) is 0 Å². The molecule has 0 unspecified atom stereocenters. The second kappa shape index (κ2) is 5.90. The van der Waals surface area contributed by atoms with Gasteiger partial charge in [-0.15, -0.1) is 0 Å². The highest BCUT2D eigenvalue weighted by molar-refractivity contribution is 5.86. The topological polar surface area (TPSA) is 105 Å². The number of nitrogens with two attached hydrogens (primary N) is 1. The lowest BCUT2D eigenvalue weighted by atomic mass is 10.1. The van der Waals surface area contributed by atoms with Crippen LogP contribution in [-0.2, 0) is 4.74 Å². The van der Waals surface area contributed by atoms with E-state index in [4.69, 9.17) is 15.6 Å². The van der Waals surface area contributed by atoms with Gasteiger partial charge >= 0.3 is 6.09 Å². The number of nitrogens with one attached hydrogen (secondary N) is 1. The molecule has 6 nitrogen and oxygen atoms in total. The minimum Gasteiger partial charge on any atom is -0.508 e. The summed E-state index contributed by atoms with van der Waals surface area (Å²) in [6.45, 7) is 4.96. The summed E-state index contributed by atoms with van der Waals surface area (Å²) in [4.78, 5) is 11.7. The zero-order chi connectivity index (χ0) is 14.6. The monoisotopic (exact) mass is 268 g/mol. The maximum atomic E-state index is 11.7. The molecule has 0 radical (unpaired) electrons. The summed E-state index contributed by atoms with van der Waals surface area (Å²) in [7, 11) is 0. The first kappa shape index (κ1) is 15.3. The molecule has 1 aromatic rings. The van der Waals surface area contributed by atoms with Gasteiger partial charge in [0.1, 0.15) is 11.4 Å². The van der Waals surface area contributed by atoms with E-state index in [0.29, 0.717) is 11.3 Å². The number of carbonyl (C=O) groups is 1. The molecule has 0 aliphatic heterocycles. The number of aliphatic hydroxyl groups excluding tert-OH is 1. The fraction of sp³-hybridized carbons (Fsp3) is 0.462. The third-order valence-electron chi connectivity index (χ3n) is 2.27. The van der Waals surface area contributed by atoms with E-state index in [9.17, 15) is 9.90 Å². The Morgan fingerprint density at radius 1 is 1.47 bits per heavy atom. The zero-order valence-corrected chi connectivity index (χ0v) is 11.3. The summed E-state index contributed by atoms with van der Waals surface area (Å²) >= 11 is 0. The number of amides is 1. The van der Waals surface area contributed by atoms with Crippen LogP contribution in [0.15, 0.2) is 18.2 Å². The van der Waals surface area contributed by atoms with E-state index in [-0.39, 0.29) is 12.4 Å². The first-order chi connectivity index (χ1) is 8.73. The van der Waals surface area contributed by atoms with Crippen molar-refractivity contribution in [2.45, 2.75) is 32.4 Å². The van der Waals surface area contributed by atoms with Crippen LogP contribution in [0.4, 0.5) is 10.5 Å². The predicted molar refractivity (Wildman–Crippen MR) is 72.0 cm³/mol. The Morgan fingerprint density at radius 2 is 2.11 bits per heavy atom. The van der Waals surface area contributed by atoms with E-state index >= 15 is 0 Å². The summed E-state index contributed by atoms with van der Waals surface area (Å²) in [5.41, 5.74) is 5.94. The second-order valence-electron chi connectivity index (χ2n) is 5.19. The fourth-order valence-electron chi connectivity index (χ4n) is 1.48. The van der Waals surface area contributed by atoms with Crippen LogP contribution in [-0.4, -0.2) is 28.5 Å². The number of aliphatic hydroxyl groups is 1. The number of aromatic hydroxyl groups is 1. The molecule has 0 aromatic heterocycles. The SMILES string of the molecule is CC(C)(C)OC(=O)Nc1ccc(O)cc1[C@@H](N)CO. The molecular weight excluding hydrogens is 248 g/mol. The van der Waals surface area contributed by atoms with Crippen LogP contribution in [0.3, 0.4) is 0 Å². The standard InChI is InChI=1S/C13H20N2O4/c1-13(2,3)19-12(18)15-11-5-4-8(17)6-9(11)10(14)7-16/h4-6,10,16-17H,7,14H2,1-3H3,(H,15,18)/t10-/m0/s1. The van der Waals surface area contributed by atoms with Crippen molar-refractivity contribution >= 4 is 11.8 Å². The molecule has 0 spiro atoms. The van der Waals surface area contributed by atoms with Crippen LogP contribution >= 0.6 is 0 Å². The highest BCUT2D eigenvalue weighted by Crippen LogP contribution is 2.26. The number of rotatable bonds is 3. The van der Waals surface area contributed by atoms with Crippen molar-refractivity contribution in [1.82, 2.24) is 0 Å². The Hall–Kier alpha value is -1.79. The molecule has 0 aliphatic carbocycles. The molecule has 5 N–H and O–H groups in total. The molecule has 19 heavy (non-hydrogen) atoms. The molecule has 1 rings (SSSR count). The quantitative estimate of drug-likeness (QED) is 0.625. The smallest absolute Gasteiger partial charge is 0.412 e. The number of carbonyl (C=O) groups excluding carboxylic acids is 1. The number of hydrogen-bond acceptors (Lipinski definition) is 5. The van der Waals surface area contributed by atoms with Gasteiger partial charge in [-0.3, -0.25) is 5.32 Å². The lowest BCUT2D eigenvalue weighted by Crippen LogP contribution is -2.28. The van der Waals surface area contributed by atoms with Crippen LogP contribution in [0.5, 0.6) is 5.75 Å². The molecule has 1 amide bonds. The number of anilines is 1. The highest BCUT2D eigenvalue weighted by atomic mass is 16.6. The van der Waals surface area contributed by atoms with Crippen molar-refractivity contribution in [2.24, 2.45) is 5.73 Å². The van der Waals surface area contributed by atoms with Crippen molar-refractivity contribution in [3.63, 3.8) is 0 Å². The Balaban J connectivity index is 2.91. The van der Waals surface area contributed by atoms with Gasteiger partial charge in [0.15, 0.2) is 0 Å². The molecule has 0 saturated carbocycles. The number of benzene rings is 1. The van der Waals surface area contributed by atoms with Gasteiger partial charge in [0, 0.05) is 5.69 Å². The maximum absolute atomic E-state index is 11.7. The molecule has 0 saturated heterocycles. The molecule has 0 fully saturated rings. The Kier molecular flexibility index (Phi) is 4.74. The maximum Gasteiger partial charge on any atom is 0.412 e. The van der Waals surface area contributed by atoms with Crippen molar-refractivity contribution in [2.75, 3.05) is 11.9 Å². The average Bonchev–Trinajstić information content (AvgIpc) is 2.28. The summed E-state index contributed by atoms with van der Waals surface area (Å²) in [5, 5.41) is 21.0. The molecule has 0 aliphatic rings. The van der Waals surface area contributed by atoms with Gasteiger partial charge in [0.05, 0.1) is 12.6 Å². The number of phenols is 1. The van der Waals surface area contributed by atoms with E-state index < -0.39 is 17.7 Å². The Labute approximate surface area is 112 Å². The van der Waals surface area contributed by atoms with E-state index in [1.165, 1.54) is 18.2 Å². The largest absolute Gasteiger partial charge is 0.508 e. The van der Waals surface area contributed by atoms with Gasteiger partial charge in [-0.2, -0.15) is 0 Å². The van der Waals surface area contributed by atoms with Gasteiger partial charge in [-0.1, -0.05) is 0 Å². The molecular formula is C13H20N2O4. The summed E-state index contributed by atoms with van der Waals surface area (Å²) in [5.74, 6) is 0.00800. The van der Waals surface area contributed by atoms with Gasteiger partial charge < -0.3 is 20.7 Å². The van der Waals surface area contributed by atoms with E-state index in [1.54, 1.807) is 20.8 Å². The van der Waals surface area contributed by atoms with Gasteiger partial charge in [0.25, 0.3) is 0 Å². The van der Waals surface area contributed by atoms with Crippen molar-refractivity contribution in [1.29, 1.82) is 0 Å². The predicted octanol–water partition coefficient (Wildman–Crippen LogP) is 1.73. The average molecular weight is 268 g/mol. The third kappa shape index (κ3) is 4.76. The number of ether oxygens (including phenoxy) is 1. The fourth-order valence-corrected chi connectivity index (χ4v) is 1.48. The van der Waals surface area contributed by atoms with Crippen molar-refractivity contribution in [3.8, 4) is 5.75 Å². The first-order valence-electron chi connectivity index (χ1n) is 5.92. The second-order valence-corrected chi connectivity index (χ2v) is 5.19. The lowest BCUT2D eigenvalue weighted by Gasteiger charge is -2.21. The molecule has 0 bridgehead atoms. The van der Waals surface area contributed by atoms with Crippen LogP contribution in [0.25, 0.3) is 0 Å². The highest BCUT2D eigenvalue weighted by Gasteiger charge is 2.18. The minimum absolute atomic E-state index is 0.00800. The summed E-state index contributed by atoms with van der Waals surface area (Å²) < 4.78 is 5.12. The number of hydrogen-bond donors (Lipinski definition) is 4. The van der Waals surface area contributed by atoms with E-state index in [0.717, 1.165) is 0 Å². The number of phenolic OH excluding ortho intramolecular Hbond substituents is 1. The molecule has 0 heterocycles. The van der Waals surface area contributed by atoms with Crippen LogP contribution < -0.4 is 11.1 Å². The van der Waals surface area contributed by atoms with E-state index in [2.05, 4.69) is 5.32 Å². The molecule has 1 aromatic carbocycles. The van der Waals surface area contributed by atoms with Gasteiger partial charge in [-0.05, 0) is 44.5 Å². The summed E-state index contributed by atoms with van der Waals surface area (Å²) in [6.07, 6.45) is -0.621.